The van der Waals surface area contributed by atoms with Crippen LogP contribution >= 0.6 is 11.8 Å². The Morgan fingerprint density at radius 1 is 1.13 bits per heavy atom. The summed E-state index contributed by atoms with van der Waals surface area (Å²) in [6, 6.07) is 14.2. The van der Waals surface area contributed by atoms with E-state index in [1.165, 1.54) is 17.0 Å². The topological polar surface area (TPSA) is 24.8 Å². The highest BCUT2D eigenvalue weighted by Gasteiger charge is 2.20. The molecule has 0 radical (unpaired) electrons. The molecule has 1 aliphatic rings. The molecule has 0 amide bonds. The zero-order valence-electron chi connectivity index (χ0n) is 13.0. The molecule has 1 fully saturated rings. The van der Waals surface area contributed by atoms with Crippen molar-refractivity contribution < 1.29 is 9.13 Å². The van der Waals surface area contributed by atoms with Gasteiger partial charge in [0, 0.05) is 12.0 Å². The van der Waals surface area contributed by atoms with Crippen molar-refractivity contribution in [2.45, 2.75) is 0 Å². The van der Waals surface area contributed by atoms with E-state index in [0.29, 0.717) is 0 Å². The van der Waals surface area contributed by atoms with Crippen molar-refractivity contribution in [3.63, 3.8) is 0 Å². The molecule has 0 spiro atoms. The molecule has 3 rings (SSSR count). The van der Waals surface area contributed by atoms with E-state index in [2.05, 4.69) is 16.0 Å². The van der Waals surface area contributed by atoms with Crippen molar-refractivity contribution in [2.75, 3.05) is 20.7 Å². The lowest BCUT2D eigenvalue weighted by Crippen LogP contribution is -2.17. The van der Waals surface area contributed by atoms with E-state index in [1.807, 2.05) is 31.3 Å². The molecule has 5 heteroatoms. The lowest BCUT2D eigenvalue weighted by atomic mass is 10.2. The summed E-state index contributed by atoms with van der Waals surface area (Å²) in [4.78, 5) is 7.89. The van der Waals surface area contributed by atoms with Crippen LogP contribution in [-0.4, -0.2) is 30.8 Å². The van der Waals surface area contributed by atoms with E-state index < -0.39 is 0 Å². The fourth-order valence-electron chi connectivity index (χ4n) is 2.22. The summed E-state index contributed by atoms with van der Waals surface area (Å²) < 4.78 is 18.1. The standard InChI is InChI=1S/C18H17FN2OS/c1-21-12-17(11-13-3-9-16(22-2)10-4-13)23-18(21)20-15-7-5-14(19)6-8-15/h3-11H,12H2,1-2H3/b17-11-,20-18?. The molecule has 0 aliphatic carbocycles. The highest BCUT2D eigenvalue weighted by molar-refractivity contribution is 8.17. The minimum absolute atomic E-state index is 0.249. The van der Waals surface area contributed by atoms with E-state index in [0.717, 1.165) is 28.7 Å². The van der Waals surface area contributed by atoms with E-state index in [1.54, 1.807) is 31.0 Å². The number of rotatable bonds is 3. The maximum atomic E-state index is 13.0. The van der Waals surface area contributed by atoms with Crippen molar-refractivity contribution in [3.8, 4) is 5.75 Å². The molecule has 0 unspecified atom stereocenters. The van der Waals surface area contributed by atoms with Gasteiger partial charge in [-0.3, -0.25) is 0 Å². The van der Waals surface area contributed by atoms with Crippen LogP contribution < -0.4 is 4.74 Å². The predicted molar refractivity (Wildman–Crippen MR) is 94.7 cm³/mol. The molecule has 0 atom stereocenters. The minimum Gasteiger partial charge on any atom is -0.497 e. The van der Waals surface area contributed by atoms with Crippen LogP contribution in [0.25, 0.3) is 6.08 Å². The number of thioether (sulfide) groups is 1. The largest absolute Gasteiger partial charge is 0.497 e. The van der Waals surface area contributed by atoms with Crippen LogP contribution in [0.3, 0.4) is 0 Å². The van der Waals surface area contributed by atoms with Crippen LogP contribution in [0.5, 0.6) is 5.75 Å². The first-order valence-corrected chi connectivity index (χ1v) is 8.03. The highest BCUT2D eigenvalue weighted by atomic mass is 32.2. The van der Waals surface area contributed by atoms with Crippen LogP contribution in [0, 0.1) is 5.82 Å². The molecule has 118 valence electrons. The molecule has 2 aromatic carbocycles. The number of benzene rings is 2. The number of methoxy groups -OCH3 is 1. The van der Waals surface area contributed by atoms with Crippen LogP contribution in [0.4, 0.5) is 10.1 Å². The second-order valence-electron chi connectivity index (χ2n) is 5.21. The van der Waals surface area contributed by atoms with Gasteiger partial charge in [0.1, 0.15) is 11.6 Å². The van der Waals surface area contributed by atoms with Gasteiger partial charge in [0.2, 0.25) is 0 Å². The summed E-state index contributed by atoms with van der Waals surface area (Å²) in [7, 11) is 3.66. The van der Waals surface area contributed by atoms with Gasteiger partial charge >= 0.3 is 0 Å². The monoisotopic (exact) mass is 328 g/mol. The zero-order chi connectivity index (χ0) is 16.2. The molecule has 1 heterocycles. The van der Waals surface area contributed by atoms with Gasteiger partial charge in [0.15, 0.2) is 5.17 Å². The molecule has 1 aliphatic heterocycles. The second-order valence-corrected chi connectivity index (χ2v) is 6.31. The number of hydrogen-bond donors (Lipinski definition) is 0. The highest BCUT2D eigenvalue weighted by Crippen LogP contribution is 2.32. The Morgan fingerprint density at radius 2 is 1.83 bits per heavy atom. The van der Waals surface area contributed by atoms with Crippen molar-refractivity contribution in [3.05, 3.63) is 64.8 Å². The molecule has 0 aromatic heterocycles. The van der Waals surface area contributed by atoms with Crippen molar-refractivity contribution in [1.29, 1.82) is 0 Å². The summed E-state index contributed by atoms with van der Waals surface area (Å²) >= 11 is 1.63. The van der Waals surface area contributed by atoms with Gasteiger partial charge < -0.3 is 9.64 Å². The number of nitrogens with zero attached hydrogens (tertiary/aromatic N) is 2. The van der Waals surface area contributed by atoms with Crippen LogP contribution in [0.1, 0.15) is 5.56 Å². The maximum absolute atomic E-state index is 13.0. The Morgan fingerprint density at radius 3 is 2.48 bits per heavy atom. The summed E-state index contributed by atoms with van der Waals surface area (Å²) in [6.07, 6.45) is 2.15. The van der Waals surface area contributed by atoms with Gasteiger partial charge in [0.25, 0.3) is 0 Å². The van der Waals surface area contributed by atoms with Gasteiger partial charge in [-0.05, 0) is 48.0 Å². The third-order valence-electron chi connectivity index (χ3n) is 3.44. The van der Waals surface area contributed by atoms with Gasteiger partial charge in [0.05, 0.1) is 19.3 Å². The summed E-state index contributed by atoms with van der Waals surface area (Å²) in [5.41, 5.74) is 1.89. The second kappa shape index (κ2) is 6.87. The molecule has 2 aromatic rings. The lowest BCUT2D eigenvalue weighted by molar-refractivity contribution is 0.415. The van der Waals surface area contributed by atoms with Crippen LogP contribution in [-0.2, 0) is 0 Å². The first-order valence-electron chi connectivity index (χ1n) is 7.22. The number of ether oxygens (including phenoxy) is 1. The fraction of sp³-hybridized carbons (Fsp3) is 0.167. The van der Waals surface area contributed by atoms with Crippen molar-refractivity contribution >= 4 is 28.7 Å². The van der Waals surface area contributed by atoms with Crippen LogP contribution in [0.15, 0.2) is 58.4 Å². The van der Waals surface area contributed by atoms with E-state index in [-0.39, 0.29) is 5.82 Å². The molecule has 0 N–H and O–H groups in total. The number of halogens is 1. The smallest absolute Gasteiger partial charge is 0.169 e. The van der Waals surface area contributed by atoms with Crippen LogP contribution in [0.2, 0.25) is 0 Å². The van der Waals surface area contributed by atoms with Crippen molar-refractivity contribution in [2.24, 2.45) is 4.99 Å². The normalized spacial score (nSPS) is 18.0. The first-order chi connectivity index (χ1) is 11.1. The third kappa shape index (κ3) is 3.93. The Balaban J connectivity index is 1.77. The van der Waals surface area contributed by atoms with Gasteiger partial charge in [-0.1, -0.05) is 23.9 Å². The molecule has 1 saturated heterocycles. The molecule has 0 saturated carbocycles. The Hall–Kier alpha value is -2.27. The number of aliphatic imine (C=N–C) groups is 1. The number of hydrogen-bond acceptors (Lipinski definition) is 3. The zero-order valence-corrected chi connectivity index (χ0v) is 13.8. The average Bonchev–Trinajstić information content (AvgIpc) is 2.90. The van der Waals surface area contributed by atoms with Crippen molar-refractivity contribution in [1.82, 2.24) is 4.90 Å². The summed E-state index contributed by atoms with van der Waals surface area (Å²) in [6.45, 7) is 0.816. The SMILES string of the molecule is COc1ccc(/C=C2/CN(C)C(=Nc3ccc(F)cc3)S2)cc1. The lowest BCUT2D eigenvalue weighted by Gasteiger charge is -2.08. The number of likely N-dealkylation sites (N-methyl/N-ethyl adjacent to an activating group) is 1. The maximum Gasteiger partial charge on any atom is 0.169 e. The predicted octanol–water partition coefficient (Wildman–Crippen LogP) is 4.54. The third-order valence-corrected chi connectivity index (χ3v) is 4.53. The van der Waals surface area contributed by atoms with Gasteiger partial charge in [-0.2, -0.15) is 0 Å². The summed E-state index contributed by atoms with van der Waals surface area (Å²) in [5.74, 6) is 0.600. The molecular weight excluding hydrogens is 311 g/mol. The minimum atomic E-state index is -0.249. The average molecular weight is 328 g/mol. The molecule has 23 heavy (non-hydrogen) atoms. The molecule has 3 nitrogen and oxygen atoms in total. The van der Waals surface area contributed by atoms with E-state index in [4.69, 9.17) is 4.74 Å². The molecule has 0 bridgehead atoms. The molecular formula is C18H17FN2OS. The fourth-order valence-corrected chi connectivity index (χ4v) is 3.28. The quantitative estimate of drug-likeness (QED) is 0.827. The van der Waals surface area contributed by atoms with E-state index in [9.17, 15) is 4.39 Å². The Kier molecular flexibility index (Phi) is 4.67. The Bertz CT molecular complexity index is 739. The van der Waals surface area contributed by atoms with E-state index >= 15 is 0 Å². The summed E-state index contributed by atoms with van der Waals surface area (Å²) in [5, 5.41) is 0.913. The van der Waals surface area contributed by atoms with Gasteiger partial charge in [-0.25, -0.2) is 9.38 Å². The number of amidine groups is 1. The van der Waals surface area contributed by atoms with Gasteiger partial charge in [-0.15, -0.1) is 0 Å². The first kappa shape index (κ1) is 15.6. The Labute approximate surface area is 139 Å².